The molecule has 0 heterocycles. The molecule has 3 unspecified atom stereocenters. The maximum Gasteiger partial charge on any atom is 0.472 e. The first kappa shape index (κ1) is 99.1. The number of aliphatic hydroxyl groups excluding tert-OH is 1. The van der Waals surface area contributed by atoms with Crippen LogP contribution < -0.4 is 0 Å². The Balaban J connectivity index is 5.26. The van der Waals surface area contributed by atoms with Gasteiger partial charge in [-0.1, -0.05) is 376 Å². The minimum atomic E-state index is -4.96. The molecular weight excluding hydrogens is 1320 g/mol. The van der Waals surface area contributed by atoms with E-state index in [-0.39, 0.29) is 25.7 Å². The number of carbonyl (C=O) groups is 4. The van der Waals surface area contributed by atoms with Crippen LogP contribution in [-0.4, -0.2) is 96.7 Å². The molecule has 17 nitrogen and oxygen atoms in total. The maximum atomic E-state index is 13.1. The van der Waals surface area contributed by atoms with Crippen LogP contribution in [-0.2, 0) is 65.4 Å². The van der Waals surface area contributed by atoms with Gasteiger partial charge in [0.25, 0.3) is 0 Å². The number of phosphoric ester groups is 2. The number of unbranched alkanes of at least 4 members (excludes halogenated alkanes) is 47. The van der Waals surface area contributed by atoms with Crippen molar-refractivity contribution >= 4 is 39.5 Å². The first-order valence-corrected chi connectivity index (χ1v) is 45.4. The Kier molecular flexibility index (Phi) is 70.9. The quantitative estimate of drug-likeness (QED) is 0.0222. The third-order valence-electron chi connectivity index (χ3n) is 19.5. The van der Waals surface area contributed by atoms with Crippen LogP contribution in [0.4, 0.5) is 0 Å². The van der Waals surface area contributed by atoms with Crippen molar-refractivity contribution in [3.63, 3.8) is 0 Å². The normalized spacial score (nSPS) is 14.2. The number of aliphatic hydroxyl groups is 1. The monoisotopic (exact) mass is 1480 g/mol. The van der Waals surface area contributed by atoms with Crippen LogP contribution in [0.3, 0.4) is 0 Å². The number of hydrogen-bond acceptors (Lipinski definition) is 15. The minimum absolute atomic E-state index is 0.106. The highest BCUT2D eigenvalue weighted by Gasteiger charge is 2.30. The lowest BCUT2D eigenvalue weighted by Gasteiger charge is -2.21. The van der Waals surface area contributed by atoms with Gasteiger partial charge in [-0.2, -0.15) is 0 Å². The predicted octanol–water partition coefficient (Wildman–Crippen LogP) is 24.5. The number of hydrogen-bond donors (Lipinski definition) is 3. The van der Waals surface area contributed by atoms with Crippen molar-refractivity contribution in [1.29, 1.82) is 0 Å². The average molecular weight is 1480 g/mol. The Morgan fingerprint density at radius 3 is 0.752 bits per heavy atom. The molecule has 0 amide bonds. The molecule has 0 rings (SSSR count). The summed E-state index contributed by atoms with van der Waals surface area (Å²) in [4.78, 5) is 73.1. The van der Waals surface area contributed by atoms with Gasteiger partial charge in [-0.25, -0.2) is 9.13 Å². The van der Waals surface area contributed by atoms with E-state index in [0.717, 1.165) is 108 Å². The summed E-state index contributed by atoms with van der Waals surface area (Å²) in [6, 6.07) is 0. The van der Waals surface area contributed by atoms with Crippen LogP contribution in [0.1, 0.15) is 427 Å². The van der Waals surface area contributed by atoms with E-state index in [9.17, 15) is 43.2 Å². The number of carbonyl (C=O) groups excluding carboxylic acids is 4. The fourth-order valence-corrected chi connectivity index (χ4v) is 14.2. The third kappa shape index (κ3) is 74.7. The number of rotatable bonds is 80. The van der Waals surface area contributed by atoms with Gasteiger partial charge in [0, 0.05) is 25.7 Å². The molecule has 0 radical (unpaired) electrons. The summed E-state index contributed by atoms with van der Waals surface area (Å²) in [5.41, 5.74) is 0. The zero-order valence-electron chi connectivity index (χ0n) is 66.4. The summed E-state index contributed by atoms with van der Waals surface area (Å²) in [5, 5.41) is 10.7. The second-order valence-corrected chi connectivity index (χ2v) is 33.6. The summed E-state index contributed by atoms with van der Waals surface area (Å²) in [6.07, 6.45) is 60.9. The molecule has 0 bridgehead atoms. The predicted molar refractivity (Wildman–Crippen MR) is 414 cm³/mol. The van der Waals surface area contributed by atoms with Gasteiger partial charge in [0.1, 0.15) is 19.3 Å². The molecule has 0 aromatic heterocycles. The fraction of sp³-hybridized carbons (Fsp3) is 0.951. The van der Waals surface area contributed by atoms with Crippen molar-refractivity contribution in [3.8, 4) is 0 Å². The summed E-state index contributed by atoms with van der Waals surface area (Å²) >= 11 is 0. The molecule has 0 aliphatic heterocycles. The molecule has 600 valence electrons. The van der Waals surface area contributed by atoms with Gasteiger partial charge < -0.3 is 33.8 Å². The van der Waals surface area contributed by atoms with Crippen LogP contribution in [0.5, 0.6) is 0 Å². The molecule has 6 atom stereocenters. The standard InChI is InChI=1S/C82H160O17P2/c1-8-10-11-12-13-14-15-27-35-42-49-56-63-79(84)92-70-78(99-82(87)66-59-52-45-38-31-30-33-40-47-54-61-74(5)6)72-97-101(90,91)95-68-76(83)67-94-100(88,89)96-71-77(98-81(86)65-58-51-44-37-29-24-18-16-17-21-25-32-39-46-53-60-73(3)4)69-93-80(85)64-57-50-43-36-28-23-20-19-22-26-34-41-48-55-62-75(7)9-2/h73-78,83H,8-72H2,1-7H3,(H,88,89)(H,90,91)/t75?,76-,77-,78-/m1/s1. The van der Waals surface area contributed by atoms with E-state index >= 15 is 0 Å². The van der Waals surface area contributed by atoms with Gasteiger partial charge in [-0.05, 0) is 43.4 Å². The molecule has 101 heavy (non-hydrogen) atoms. The highest BCUT2D eigenvalue weighted by molar-refractivity contribution is 7.47. The molecule has 3 N–H and O–H groups in total. The lowest BCUT2D eigenvalue weighted by Crippen LogP contribution is -2.30. The molecule has 19 heteroatoms. The largest absolute Gasteiger partial charge is 0.472 e. The van der Waals surface area contributed by atoms with Gasteiger partial charge in [0.15, 0.2) is 12.2 Å². The van der Waals surface area contributed by atoms with Crippen molar-refractivity contribution in [2.45, 2.75) is 446 Å². The van der Waals surface area contributed by atoms with Crippen LogP contribution in [0.25, 0.3) is 0 Å². The molecular formula is C82H160O17P2. The van der Waals surface area contributed by atoms with E-state index in [0.29, 0.717) is 25.7 Å². The maximum absolute atomic E-state index is 13.1. The summed E-state index contributed by atoms with van der Waals surface area (Å²) in [7, 11) is -9.92. The zero-order valence-corrected chi connectivity index (χ0v) is 68.2. The van der Waals surface area contributed by atoms with Crippen LogP contribution in [0, 0.1) is 17.8 Å². The third-order valence-corrected chi connectivity index (χ3v) is 21.4. The van der Waals surface area contributed by atoms with Crippen LogP contribution in [0.15, 0.2) is 0 Å². The van der Waals surface area contributed by atoms with E-state index < -0.39 is 97.5 Å². The van der Waals surface area contributed by atoms with Gasteiger partial charge in [-0.15, -0.1) is 0 Å². The molecule has 0 aliphatic carbocycles. The van der Waals surface area contributed by atoms with Crippen molar-refractivity contribution < 1.29 is 80.2 Å². The van der Waals surface area contributed by atoms with E-state index in [1.807, 2.05) is 0 Å². The number of phosphoric acid groups is 2. The molecule has 0 aromatic rings. The first-order valence-electron chi connectivity index (χ1n) is 42.4. The fourth-order valence-electron chi connectivity index (χ4n) is 12.6. The van der Waals surface area contributed by atoms with Crippen molar-refractivity contribution in [2.24, 2.45) is 17.8 Å². The summed E-state index contributed by atoms with van der Waals surface area (Å²) in [5.74, 6) is 0.297. The van der Waals surface area contributed by atoms with Crippen molar-refractivity contribution in [2.75, 3.05) is 39.6 Å². The second kappa shape index (κ2) is 72.3. The number of ether oxygens (including phenoxy) is 4. The Labute approximate surface area is 619 Å². The Bertz CT molecular complexity index is 1960. The average Bonchev–Trinajstić information content (AvgIpc) is 1.000. The SMILES string of the molecule is CCCCCCCCCCCCCCC(=O)OC[C@H](COP(=O)(O)OC[C@H](O)COP(=O)(O)OC[C@@H](COC(=O)CCCCCCCCCCCCCCCCC(C)CC)OC(=O)CCCCCCCCCCCCCCCCCC(C)C)OC(=O)CCCCCCCCCCCCC(C)C. The van der Waals surface area contributed by atoms with Crippen molar-refractivity contribution in [1.82, 2.24) is 0 Å². The van der Waals surface area contributed by atoms with Gasteiger partial charge in [-0.3, -0.25) is 37.3 Å². The Hall–Kier alpha value is -1.94. The summed E-state index contributed by atoms with van der Waals surface area (Å²) < 4.78 is 68.8. The van der Waals surface area contributed by atoms with E-state index in [2.05, 4.69) is 48.5 Å². The second-order valence-electron chi connectivity index (χ2n) is 30.7. The first-order chi connectivity index (χ1) is 48.8. The number of esters is 4. The smallest absolute Gasteiger partial charge is 0.462 e. The Morgan fingerprint density at radius 2 is 0.505 bits per heavy atom. The van der Waals surface area contributed by atoms with Crippen LogP contribution >= 0.6 is 15.6 Å². The highest BCUT2D eigenvalue weighted by Crippen LogP contribution is 2.45. The Morgan fingerprint density at radius 1 is 0.287 bits per heavy atom. The highest BCUT2D eigenvalue weighted by atomic mass is 31.2. The van der Waals surface area contributed by atoms with Crippen molar-refractivity contribution in [3.05, 3.63) is 0 Å². The molecule has 0 saturated heterocycles. The van der Waals surface area contributed by atoms with E-state index in [4.69, 9.17) is 37.0 Å². The minimum Gasteiger partial charge on any atom is -0.462 e. The molecule has 0 fully saturated rings. The van der Waals surface area contributed by atoms with E-state index in [1.165, 1.54) is 238 Å². The molecule has 0 aliphatic rings. The zero-order chi connectivity index (χ0) is 74.4. The van der Waals surface area contributed by atoms with Gasteiger partial charge in [0.2, 0.25) is 0 Å². The van der Waals surface area contributed by atoms with Gasteiger partial charge in [0.05, 0.1) is 26.4 Å². The molecule has 0 spiro atoms. The van der Waals surface area contributed by atoms with Gasteiger partial charge >= 0.3 is 39.5 Å². The molecule has 0 aromatic carbocycles. The summed E-state index contributed by atoms with van der Waals surface area (Å²) in [6.45, 7) is 12.0. The molecule has 0 saturated carbocycles. The lowest BCUT2D eigenvalue weighted by molar-refractivity contribution is -0.161. The topological polar surface area (TPSA) is 237 Å². The van der Waals surface area contributed by atoms with E-state index in [1.54, 1.807) is 0 Å². The lowest BCUT2D eigenvalue weighted by atomic mass is 9.99. The van der Waals surface area contributed by atoms with Crippen LogP contribution in [0.2, 0.25) is 0 Å².